The van der Waals surface area contributed by atoms with Crippen molar-refractivity contribution in [2.24, 2.45) is 21.4 Å². The third kappa shape index (κ3) is 3.97. The van der Waals surface area contributed by atoms with E-state index in [1.165, 1.54) is 24.3 Å². The standard InChI is InChI=1S/C24H22F3N3O2/c1-24(2)22(29-30-23(24)32)15-10-11-18(21(27)20(15)26)28-17-4-3-5-19(31)16(17)12-13-6-8-14(25)9-7-13/h6-11,16H,3-5,12H2,1-2H3,(H,30,32). The Bertz CT molecular complexity index is 1150. The third-order valence-corrected chi connectivity index (χ3v) is 6.01. The van der Waals surface area contributed by atoms with E-state index < -0.39 is 28.9 Å². The first-order valence-electron chi connectivity index (χ1n) is 10.4. The molecule has 1 aliphatic carbocycles. The van der Waals surface area contributed by atoms with Gasteiger partial charge in [-0.1, -0.05) is 12.1 Å². The summed E-state index contributed by atoms with van der Waals surface area (Å²) in [5, 5.41) is 3.87. The van der Waals surface area contributed by atoms with Crippen LogP contribution in [-0.2, 0) is 16.0 Å². The van der Waals surface area contributed by atoms with Crippen molar-refractivity contribution < 1.29 is 22.8 Å². The fourth-order valence-corrected chi connectivity index (χ4v) is 4.05. The second kappa shape index (κ2) is 8.33. The van der Waals surface area contributed by atoms with Gasteiger partial charge in [0.2, 0.25) is 0 Å². The number of hydrazone groups is 1. The molecular formula is C24H22F3N3O2. The highest BCUT2D eigenvalue weighted by Crippen LogP contribution is 2.33. The van der Waals surface area contributed by atoms with E-state index in [2.05, 4.69) is 15.5 Å². The van der Waals surface area contributed by atoms with Gasteiger partial charge >= 0.3 is 0 Å². The monoisotopic (exact) mass is 441 g/mol. The molecule has 8 heteroatoms. The van der Waals surface area contributed by atoms with Crippen LogP contribution in [0.3, 0.4) is 0 Å². The number of Topliss-reactive ketones (excluding diaryl/α,β-unsaturated/α-hetero) is 1. The summed E-state index contributed by atoms with van der Waals surface area (Å²) in [6, 6.07) is 8.52. The van der Waals surface area contributed by atoms with Gasteiger partial charge in [-0.25, -0.2) is 18.6 Å². The van der Waals surface area contributed by atoms with E-state index in [4.69, 9.17) is 0 Å². The van der Waals surface area contributed by atoms with Gasteiger partial charge in [-0.05, 0) is 62.9 Å². The highest BCUT2D eigenvalue weighted by atomic mass is 19.2. The zero-order valence-corrected chi connectivity index (χ0v) is 17.7. The third-order valence-electron chi connectivity index (χ3n) is 6.01. The van der Waals surface area contributed by atoms with E-state index in [-0.39, 0.29) is 28.6 Å². The van der Waals surface area contributed by atoms with Crippen molar-refractivity contribution in [3.05, 3.63) is 65.0 Å². The molecule has 2 aliphatic rings. The zero-order valence-electron chi connectivity index (χ0n) is 17.7. The van der Waals surface area contributed by atoms with Crippen LogP contribution in [0.2, 0.25) is 0 Å². The quantitative estimate of drug-likeness (QED) is 0.751. The summed E-state index contributed by atoms with van der Waals surface area (Å²) in [4.78, 5) is 28.8. The molecule has 1 atom stereocenters. The van der Waals surface area contributed by atoms with Crippen LogP contribution in [0.5, 0.6) is 0 Å². The Morgan fingerprint density at radius 2 is 1.75 bits per heavy atom. The van der Waals surface area contributed by atoms with Crippen LogP contribution < -0.4 is 5.43 Å². The minimum absolute atomic E-state index is 0.0246. The number of nitrogens with zero attached hydrogens (tertiary/aromatic N) is 2. The van der Waals surface area contributed by atoms with Gasteiger partial charge in [0.15, 0.2) is 11.6 Å². The van der Waals surface area contributed by atoms with E-state index in [9.17, 15) is 22.8 Å². The van der Waals surface area contributed by atoms with Gasteiger partial charge in [-0.2, -0.15) is 5.10 Å². The van der Waals surface area contributed by atoms with Gasteiger partial charge < -0.3 is 0 Å². The van der Waals surface area contributed by atoms with Gasteiger partial charge in [-0.3, -0.25) is 14.6 Å². The lowest BCUT2D eigenvalue weighted by molar-refractivity contribution is -0.125. The average Bonchev–Trinajstić information content (AvgIpc) is 3.02. The number of amides is 1. The molecule has 1 aliphatic heterocycles. The molecule has 0 spiro atoms. The van der Waals surface area contributed by atoms with Gasteiger partial charge in [0.25, 0.3) is 5.91 Å². The van der Waals surface area contributed by atoms with Crippen molar-refractivity contribution in [2.45, 2.75) is 39.5 Å². The molecule has 1 amide bonds. The van der Waals surface area contributed by atoms with Crippen LogP contribution in [0, 0.1) is 28.8 Å². The van der Waals surface area contributed by atoms with Crippen LogP contribution in [-0.4, -0.2) is 23.1 Å². The van der Waals surface area contributed by atoms with Crippen LogP contribution in [0.4, 0.5) is 18.9 Å². The van der Waals surface area contributed by atoms with Crippen LogP contribution in [0.25, 0.3) is 0 Å². The smallest absolute Gasteiger partial charge is 0.251 e. The van der Waals surface area contributed by atoms with Crippen molar-refractivity contribution in [2.75, 3.05) is 0 Å². The molecule has 1 unspecified atom stereocenters. The molecular weight excluding hydrogens is 419 g/mol. The number of carbonyl (C=O) groups is 2. The number of hydrogen-bond donors (Lipinski definition) is 1. The first kappa shape index (κ1) is 21.9. The molecule has 0 saturated heterocycles. The highest BCUT2D eigenvalue weighted by Gasteiger charge is 2.41. The molecule has 5 nitrogen and oxygen atoms in total. The average molecular weight is 441 g/mol. The largest absolute Gasteiger partial charge is 0.299 e. The summed E-state index contributed by atoms with van der Waals surface area (Å²) in [6.45, 7) is 3.15. The van der Waals surface area contributed by atoms with E-state index in [1.807, 2.05) is 0 Å². The number of rotatable bonds is 4. The summed E-state index contributed by atoms with van der Waals surface area (Å²) in [7, 11) is 0. The Kier molecular flexibility index (Phi) is 5.71. The van der Waals surface area contributed by atoms with E-state index in [1.54, 1.807) is 26.0 Å². The normalized spacial score (nSPS) is 21.6. The summed E-state index contributed by atoms with van der Waals surface area (Å²) in [6.07, 6.45) is 1.77. The summed E-state index contributed by atoms with van der Waals surface area (Å²) >= 11 is 0. The van der Waals surface area contributed by atoms with Crippen molar-refractivity contribution in [1.29, 1.82) is 0 Å². The number of hydrogen-bond acceptors (Lipinski definition) is 4. The predicted octanol–water partition coefficient (Wildman–Crippen LogP) is 4.65. The van der Waals surface area contributed by atoms with E-state index in [0.717, 1.165) is 5.56 Å². The van der Waals surface area contributed by atoms with E-state index >= 15 is 0 Å². The van der Waals surface area contributed by atoms with Gasteiger partial charge in [0.1, 0.15) is 17.3 Å². The zero-order chi connectivity index (χ0) is 23.0. The number of halogens is 3. The van der Waals surface area contributed by atoms with Gasteiger partial charge in [-0.15, -0.1) is 0 Å². The minimum Gasteiger partial charge on any atom is -0.299 e. The van der Waals surface area contributed by atoms with Crippen LogP contribution in [0.1, 0.15) is 44.2 Å². The van der Waals surface area contributed by atoms with Crippen molar-refractivity contribution in [3.63, 3.8) is 0 Å². The SMILES string of the molecule is CC1(C)C(=O)NN=C1c1ccc(N=C2CCCC(=O)C2Cc2ccc(F)cc2)c(F)c1F. The lowest BCUT2D eigenvalue weighted by Gasteiger charge is -2.23. The Morgan fingerprint density at radius 1 is 1.03 bits per heavy atom. The molecule has 1 heterocycles. The fourth-order valence-electron chi connectivity index (χ4n) is 4.05. The lowest BCUT2D eigenvalue weighted by Crippen LogP contribution is -2.33. The molecule has 1 saturated carbocycles. The molecule has 166 valence electrons. The summed E-state index contributed by atoms with van der Waals surface area (Å²) in [5.74, 6) is -3.68. The molecule has 0 radical (unpaired) electrons. The Labute approximate surface area is 183 Å². The predicted molar refractivity (Wildman–Crippen MR) is 114 cm³/mol. The topological polar surface area (TPSA) is 70.9 Å². The molecule has 1 fully saturated rings. The number of nitrogens with one attached hydrogen (secondary N) is 1. The molecule has 2 aromatic rings. The van der Waals surface area contributed by atoms with Gasteiger partial charge in [0, 0.05) is 17.7 Å². The highest BCUT2D eigenvalue weighted by molar-refractivity contribution is 6.19. The van der Waals surface area contributed by atoms with Crippen molar-refractivity contribution >= 4 is 28.8 Å². The second-order valence-corrected chi connectivity index (χ2v) is 8.59. The molecule has 0 bridgehead atoms. The Morgan fingerprint density at radius 3 is 2.41 bits per heavy atom. The van der Waals surface area contributed by atoms with Crippen molar-refractivity contribution in [1.82, 2.24) is 5.43 Å². The van der Waals surface area contributed by atoms with E-state index in [0.29, 0.717) is 31.4 Å². The molecule has 4 rings (SSSR count). The van der Waals surface area contributed by atoms with Gasteiger partial charge in [0.05, 0.1) is 17.0 Å². The minimum atomic E-state index is -1.16. The Balaban J connectivity index is 1.67. The number of carbonyl (C=O) groups excluding carboxylic acids is 2. The summed E-state index contributed by atoms with van der Waals surface area (Å²) < 4.78 is 43.1. The van der Waals surface area contributed by atoms with Crippen LogP contribution >= 0.6 is 0 Å². The molecule has 1 N–H and O–H groups in total. The maximum Gasteiger partial charge on any atom is 0.251 e. The number of aliphatic imine (C=N–C) groups is 1. The fraction of sp³-hybridized carbons (Fsp3) is 0.333. The molecule has 32 heavy (non-hydrogen) atoms. The molecule has 0 aromatic heterocycles. The molecule has 2 aromatic carbocycles. The first-order chi connectivity index (χ1) is 15.2. The number of ketones is 1. The van der Waals surface area contributed by atoms with Crippen LogP contribution in [0.15, 0.2) is 46.5 Å². The van der Waals surface area contributed by atoms with Crippen molar-refractivity contribution in [3.8, 4) is 0 Å². The first-order valence-corrected chi connectivity index (χ1v) is 10.4. The maximum atomic E-state index is 14.9. The maximum absolute atomic E-state index is 14.9. The summed E-state index contributed by atoms with van der Waals surface area (Å²) in [5.41, 5.74) is 2.22. The second-order valence-electron chi connectivity index (χ2n) is 8.59. The number of benzene rings is 2. The Hall–Kier alpha value is -3.29. The lowest BCUT2D eigenvalue weighted by atomic mass is 9.81.